The van der Waals surface area contributed by atoms with Crippen LogP contribution in [0, 0.1) is 0 Å². The maximum Gasteiger partial charge on any atom is 0.250 e. The minimum atomic E-state index is -3.36. The Kier molecular flexibility index (Phi) is 6.80. The third-order valence-electron chi connectivity index (χ3n) is 2.45. The zero-order valence-electron chi connectivity index (χ0n) is 10.5. The predicted molar refractivity (Wildman–Crippen MR) is 73.1 cm³/mol. The van der Waals surface area contributed by atoms with Gasteiger partial charge in [0.1, 0.15) is 4.21 Å². The molecule has 0 radical (unpaired) electrons. The summed E-state index contributed by atoms with van der Waals surface area (Å²) in [6.07, 6.45) is 2.72. The van der Waals surface area contributed by atoms with Gasteiger partial charge in [-0.1, -0.05) is 0 Å². The lowest BCUT2D eigenvalue weighted by molar-refractivity contribution is 0.192. The Balaban J connectivity index is 2.36. The van der Waals surface area contributed by atoms with E-state index in [1.807, 2.05) is 0 Å². The maximum atomic E-state index is 11.9. The average molecular weight is 292 g/mol. The van der Waals surface area contributed by atoms with Crippen LogP contribution >= 0.6 is 11.3 Å². The quantitative estimate of drug-likeness (QED) is 0.672. The molecule has 0 fully saturated rings. The zero-order valence-corrected chi connectivity index (χ0v) is 12.1. The van der Waals surface area contributed by atoms with E-state index in [0.29, 0.717) is 17.3 Å². The van der Waals surface area contributed by atoms with Crippen molar-refractivity contribution in [3.05, 3.63) is 17.0 Å². The van der Waals surface area contributed by atoms with E-state index in [0.717, 1.165) is 31.4 Å². The second-order valence-electron chi connectivity index (χ2n) is 3.93. The van der Waals surface area contributed by atoms with Gasteiger partial charge in [-0.05, 0) is 36.3 Å². The van der Waals surface area contributed by atoms with Crippen molar-refractivity contribution >= 4 is 21.4 Å². The minimum Gasteiger partial charge on any atom is -0.385 e. The molecule has 0 aromatic carbocycles. The molecule has 0 aliphatic carbocycles. The monoisotopic (exact) mass is 292 g/mol. The number of ether oxygens (including phenoxy) is 1. The molecule has 0 bridgehead atoms. The number of hydrogen-bond acceptors (Lipinski definition) is 5. The largest absolute Gasteiger partial charge is 0.385 e. The van der Waals surface area contributed by atoms with Crippen LogP contribution in [0.4, 0.5) is 0 Å². The first-order chi connectivity index (χ1) is 8.60. The second kappa shape index (κ2) is 7.85. The first kappa shape index (κ1) is 15.6. The van der Waals surface area contributed by atoms with Crippen molar-refractivity contribution in [1.29, 1.82) is 0 Å². The fourth-order valence-corrected chi connectivity index (χ4v) is 3.77. The molecule has 1 aromatic rings. The van der Waals surface area contributed by atoms with Gasteiger partial charge in [-0.15, -0.1) is 11.3 Å². The fraction of sp³-hybridized carbons (Fsp3) is 0.636. The molecule has 0 saturated heterocycles. The summed E-state index contributed by atoms with van der Waals surface area (Å²) in [5.74, 6) is 0. The van der Waals surface area contributed by atoms with Crippen LogP contribution < -0.4 is 10.5 Å². The van der Waals surface area contributed by atoms with Gasteiger partial charge in [0.05, 0.1) is 0 Å². The van der Waals surface area contributed by atoms with E-state index < -0.39 is 10.0 Å². The molecule has 1 aromatic heterocycles. The van der Waals surface area contributed by atoms with Crippen molar-refractivity contribution in [2.45, 2.75) is 30.0 Å². The first-order valence-corrected chi connectivity index (χ1v) is 8.22. The summed E-state index contributed by atoms with van der Waals surface area (Å²) in [7, 11) is -1.70. The summed E-state index contributed by atoms with van der Waals surface area (Å²) in [6.45, 7) is 1.54. The van der Waals surface area contributed by atoms with Gasteiger partial charge in [-0.25, -0.2) is 13.1 Å². The third-order valence-corrected chi connectivity index (χ3v) is 5.40. The maximum absolute atomic E-state index is 11.9. The molecule has 0 saturated carbocycles. The van der Waals surface area contributed by atoms with Crippen molar-refractivity contribution < 1.29 is 13.2 Å². The topological polar surface area (TPSA) is 81.4 Å². The highest BCUT2D eigenvalue weighted by molar-refractivity contribution is 7.91. The average Bonchev–Trinajstić information content (AvgIpc) is 2.83. The number of methoxy groups -OCH3 is 1. The lowest BCUT2D eigenvalue weighted by Crippen LogP contribution is -2.24. The van der Waals surface area contributed by atoms with Gasteiger partial charge in [-0.2, -0.15) is 0 Å². The van der Waals surface area contributed by atoms with Crippen LogP contribution in [0.1, 0.15) is 24.8 Å². The van der Waals surface area contributed by atoms with E-state index in [1.54, 1.807) is 18.6 Å². The predicted octanol–water partition coefficient (Wildman–Crippen LogP) is 1.30. The Labute approximate surface area is 112 Å². The van der Waals surface area contributed by atoms with Crippen LogP contribution in [-0.2, 0) is 21.3 Å². The van der Waals surface area contributed by atoms with E-state index in [-0.39, 0.29) is 0 Å². The smallest absolute Gasteiger partial charge is 0.250 e. The van der Waals surface area contributed by atoms with Crippen LogP contribution in [0.5, 0.6) is 0 Å². The van der Waals surface area contributed by atoms with Crippen molar-refractivity contribution in [3.8, 4) is 0 Å². The third kappa shape index (κ3) is 5.03. The van der Waals surface area contributed by atoms with Crippen LogP contribution in [0.15, 0.2) is 15.7 Å². The van der Waals surface area contributed by atoms with Crippen LogP contribution in [0.2, 0.25) is 0 Å². The molecule has 5 nitrogen and oxygen atoms in total. The number of thiophene rings is 1. The number of nitrogens with one attached hydrogen (secondary N) is 1. The number of rotatable bonds is 9. The molecular formula is C11H20N2O3S2. The number of sulfonamides is 1. The molecule has 0 unspecified atom stereocenters. The summed E-state index contributed by atoms with van der Waals surface area (Å²) < 4.78 is 31.6. The summed E-state index contributed by atoms with van der Waals surface area (Å²) in [5.41, 5.74) is 6.30. The lowest BCUT2D eigenvalue weighted by Gasteiger charge is -2.04. The molecule has 7 heteroatoms. The van der Waals surface area contributed by atoms with Crippen molar-refractivity contribution in [3.63, 3.8) is 0 Å². The number of nitrogens with two attached hydrogens (primary N) is 1. The Morgan fingerprint density at radius 2 is 2.17 bits per heavy atom. The lowest BCUT2D eigenvalue weighted by atomic mass is 10.2. The van der Waals surface area contributed by atoms with E-state index in [2.05, 4.69) is 4.72 Å². The SMILES string of the molecule is COCCCCCNS(=O)(=O)c1cc(CN)cs1. The minimum absolute atomic E-state index is 0.333. The van der Waals surface area contributed by atoms with Crippen molar-refractivity contribution in [1.82, 2.24) is 4.72 Å². The van der Waals surface area contributed by atoms with E-state index in [9.17, 15) is 8.42 Å². The Morgan fingerprint density at radius 3 is 2.78 bits per heavy atom. The van der Waals surface area contributed by atoms with Crippen LogP contribution in [0.3, 0.4) is 0 Å². The molecule has 1 heterocycles. The molecule has 0 aliphatic heterocycles. The van der Waals surface area contributed by atoms with E-state index >= 15 is 0 Å². The van der Waals surface area contributed by atoms with Crippen molar-refractivity contribution in [2.24, 2.45) is 5.73 Å². The first-order valence-electron chi connectivity index (χ1n) is 5.86. The Bertz CT molecular complexity index is 443. The van der Waals surface area contributed by atoms with Crippen LogP contribution in [0.25, 0.3) is 0 Å². The fourth-order valence-electron chi connectivity index (χ4n) is 1.43. The molecule has 0 atom stereocenters. The summed E-state index contributed by atoms with van der Waals surface area (Å²) in [5, 5.41) is 1.77. The zero-order chi connectivity index (χ0) is 13.4. The van der Waals surface area contributed by atoms with Crippen LogP contribution in [-0.4, -0.2) is 28.7 Å². The molecule has 3 N–H and O–H groups in total. The number of unbranched alkanes of at least 4 members (excludes halogenated alkanes) is 2. The van der Waals surface area contributed by atoms with E-state index in [1.165, 1.54) is 11.3 Å². The standard InChI is InChI=1S/C11H20N2O3S2/c1-16-6-4-2-3-5-13-18(14,15)11-7-10(8-12)9-17-11/h7,9,13H,2-6,8,12H2,1H3. The van der Waals surface area contributed by atoms with Gasteiger partial charge >= 0.3 is 0 Å². The van der Waals surface area contributed by atoms with Gasteiger partial charge in [0.25, 0.3) is 0 Å². The van der Waals surface area contributed by atoms with E-state index in [4.69, 9.17) is 10.5 Å². The van der Waals surface area contributed by atoms with Gasteiger partial charge < -0.3 is 10.5 Å². The summed E-state index contributed by atoms with van der Waals surface area (Å²) >= 11 is 1.20. The van der Waals surface area contributed by atoms with Crippen molar-refractivity contribution in [2.75, 3.05) is 20.3 Å². The summed E-state index contributed by atoms with van der Waals surface area (Å²) in [4.78, 5) is 0. The van der Waals surface area contributed by atoms with Gasteiger partial charge in [0.15, 0.2) is 0 Å². The molecule has 0 aliphatic rings. The molecule has 104 valence electrons. The molecule has 1 rings (SSSR count). The second-order valence-corrected chi connectivity index (χ2v) is 6.83. The molecule has 0 amide bonds. The van der Waals surface area contributed by atoms with Gasteiger partial charge in [-0.3, -0.25) is 0 Å². The molecule has 18 heavy (non-hydrogen) atoms. The van der Waals surface area contributed by atoms with Gasteiger partial charge in [0.2, 0.25) is 10.0 Å². The normalized spacial score (nSPS) is 11.9. The molecule has 0 spiro atoms. The highest BCUT2D eigenvalue weighted by Crippen LogP contribution is 2.19. The highest BCUT2D eigenvalue weighted by Gasteiger charge is 2.15. The number of hydrogen-bond donors (Lipinski definition) is 2. The highest BCUT2D eigenvalue weighted by atomic mass is 32.2. The summed E-state index contributed by atoms with van der Waals surface area (Å²) in [6, 6.07) is 1.62. The Hall–Kier alpha value is -0.470. The molecular weight excluding hydrogens is 272 g/mol. The Morgan fingerprint density at radius 1 is 1.39 bits per heavy atom. The van der Waals surface area contributed by atoms with Gasteiger partial charge in [0, 0.05) is 26.8 Å².